The molecule has 0 aliphatic heterocycles. The third-order valence-corrected chi connectivity index (χ3v) is 3.70. The Bertz CT molecular complexity index is 778. The van der Waals surface area contributed by atoms with E-state index in [4.69, 9.17) is 4.74 Å². The van der Waals surface area contributed by atoms with Gasteiger partial charge < -0.3 is 9.84 Å². The Morgan fingerprint density at radius 1 is 1.10 bits per heavy atom. The highest BCUT2D eigenvalue weighted by atomic mass is 16.5. The number of aromatic nitrogens is 1. The molecule has 0 saturated heterocycles. The van der Waals surface area contributed by atoms with Crippen LogP contribution in [0.5, 0.6) is 5.75 Å². The molecule has 0 saturated carbocycles. The Labute approximate surface area is 123 Å². The monoisotopic (exact) mass is 279 g/mol. The van der Waals surface area contributed by atoms with E-state index in [1.165, 1.54) is 0 Å². The van der Waals surface area contributed by atoms with E-state index in [1.54, 1.807) is 19.5 Å². The molecule has 0 spiro atoms. The van der Waals surface area contributed by atoms with Crippen LogP contribution in [-0.2, 0) is 0 Å². The normalized spacial score (nSPS) is 12.3. The minimum Gasteiger partial charge on any atom is -0.496 e. The van der Waals surface area contributed by atoms with E-state index in [0.29, 0.717) is 5.75 Å². The predicted molar refractivity (Wildman–Crippen MR) is 83.5 cm³/mol. The maximum absolute atomic E-state index is 10.8. The molecule has 3 nitrogen and oxygen atoms in total. The van der Waals surface area contributed by atoms with Crippen LogP contribution in [0.2, 0.25) is 0 Å². The summed E-state index contributed by atoms with van der Waals surface area (Å²) in [5.41, 5.74) is 2.70. The zero-order chi connectivity index (χ0) is 14.8. The lowest BCUT2D eigenvalue weighted by Crippen LogP contribution is -2.03. The first kappa shape index (κ1) is 13.6. The Balaban J connectivity index is 2.15. The van der Waals surface area contributed by atoms with Crippen molar-refractivity contribution in [1.29, 1.82) is 0 Å². The molecule has 1 heterocycles. The number of ether oxygens (including phenoxy) is 1. The molecule has 0 radical (unpaired) electrons. The molecule has 3 aromatic rings. The van der Waals surface area contributed by atoms with Crippen molar-refractivity contribution >= 4 is 10.8 Å². The summed E-state index contributed by atoms with van der Waals surface area (Å²) in [5, 5.41) is 12.8. The van der Waals surface area contributed by atoms with Crippen LogP contribution in [0, 0.1) is 6.92 Å². The first-order chi connectivity index (χ1) is 10.2. The molecule has 21 heavy (non-hydrogen) atoms. The molecular weight excluding hydrogens is 262 g/mol. The number of hydrogen-bond donors (Lipinski definition) is 1. The number of benzene rings is 2. The van der Waals surface area contributed by atoms with Crippen molar-refractivity contribution in [2.24, 2.45) is 0 Å². The number of fused-ring (bicyclic) bond motifs is 1. The number of pyridine rings is 1. The standard InChI is InChI=1S/C18H17NO2/c1-12-6-7-15(17(10-12)21-2)18(20)14-5-3-4-13-8-9-19-11-16(13)14/h3-11,18,20H,1-2H3. The van der Waals surface area contributed by atoms with Gasteiger partial charge in [-0.1, -0.05) is 30.3 Å². The zero-order valence-corrected chi connectivity index (χ0v) is 12.1. The van der Waals surface area contributed by atoms with Crippen LogP contribution >= 0.6 is 0 Å². The molecule has 1 aromatic heterocycles. The summed E-state index contributed by atoms with van der Waals surface area (Å²) in [4.78, 5) is 4.16. The molecule has 0 aliphatic carbocycles. The molecule has 106 valence electrons. The van der Waals surface area contributed by atoms with E-state index in [1.807, 2.05) is 49.4 Å². The second-order valence-corrected chi connectivity index (χ2v) is 5.09. The number of nitrogens with zero attached hydrogens (tertiary/aromatic N) is 1. The van der Waals surface area contributed by atoms with Gasteiger partial charge in [0.2, 0.25) is 0 Å². The Hall–Kier alpha value is -2.39. The van der Waals surface area contributed by atoms with Crippen LogP contribution in [-0.4, -0.2) is 17.2 Å². The number of hydrogen-bond acceptors (Lipinski definition) is 3. The van der Waals surface area contributed by atoms with Crippen molar-refractivity contribution in [2.75, 3.05) is 7.11 Å². The molecule has 0 amide bonds. The molecule has 3 heteroatoms. The summed E-state index contributed by atoms with van der Waals surface area (Å²) >= 11 is 0. The average molecular weight is 279 g/mol. The second kappa shape index (κ2) is 5.54. The van der Waals surface area contributed by atoms with Gasteiger partial charge in [0.05, 0.1) is 7.11 Å². The summed E-state index contributed by atoms with van der Waals surface area (Å²) in [7, 11) is 1.62. The van der Waals surface area contributed by atoms with Crippen molar-refractivity contribution in [3.63, 3.8) is 0 Å². The number of aryl methyl sites for hydroxylation is 1. The van der Waals surface area contributed by atoms with Crippen LogP contribution < -0.4 is 4.74 Å². The van der Waals surface area contributed by atoms with Gasteiger partial charge in [0, 0.05) is 23.3 Å². The summed E-state index contributed by atoms with van der Waals surface area (Å²) in [6, 6.07) is 13.6. The number of methoxy groups -OCH3 is 1. The van der Waals surface area contributed by atoms with Gasteiger partial charge in [-0.2, -0.15) is 0 Å². The van der Waals surface area contributed by atoms with Crippen LogP contribution in [0.4, 0.5) is 0 Å². The molecule has 1 atom stereocenters. The van der Waals surface area contributed by atoms with Crippen LogP contribution in [0.1, 0.15) is 22.8 Å². The van der Waals surface area contributed by atoms with E-state index in [9.17, 15) is 5.11 Å². The molecule has 0 fully saturated rings. The van der Waals surface area contributed by atoms with Gasteiger partial charge in [-0.25, -0.2) is 0 Å². The lowest BCUT2D eigenvalue weighted by Gasteiger charge is -2.17. The maximum Gasteiger partial charge on any atom is 0.125 e. The van der Waals surface area contributed by atoms with Crippen molar-refractivity contribution in [3.8, 4) is 5.75 Å². The first-order valence-electron chi connectivity index (χ1n) is 6.86. The van der Waals surface area contributed by atoms with Gasteiger partial charge in [-0.05, 0) is 35.6 Å². The van der Waals surface area contributed by atoms with Crippen LogP contribution in [0.15, 0.2) is 54.9 Å². The lowest BCUT2D eigenvalue weighted by atomic mass is 9.95. The lowest BCUT2D eigenvalue weighted by molar-refractivity contribution is 0.216. The van der Waals surface area contributed by atoms with Crippen molar-refractivity contribution in [1.82, 2.24) is 4.98 Å². The summed E-state index contributed by atoms with van der Waals surface area (Å²) in [6.07, 6.45) is 2.80. The average Bonchev–Trinajstić information content (AvgIpc) is 2.53. The van der Waals surface area contributed by atoms with Gasteiger partial charge in [-0.15, -0.1) is 0 Å². The first-order valence-corrected chi connectivity index (χ1v) is 6.86. The van der Waals surface area contributed by atoms with Crippen molar-refractivity contribution in [3.05, 3.63) is 71.5 Å². The molecular formula is C18H17NO2. The highest BCUT2D eigenvalue weighted by Gasteiger charge is 2.17. The molecule has 1 unspecified atom stereocenters. The second-order valence-electron chi connectivity index (χ2n) is 5.09. The Morgan fingerprint density at radius 2 is 1.95 bits per heavy atom. The van der Waals surface area contributed by atoms with E-state index < -0.39 is 6.10 Å². The van der Waals surface area contributed by atoms with Gasteiger partial charge >= 0.3 is 0 Å². The van der Waals surface area contributed by atoms with E-state index in [0.717, 1.165) is 27.5 Å². The van der Waals surface area contributed by atoms with E-state index in [-0.39, 0.29) is 0 Å². The smallest absolute Gasteiger partial charge is 0.125 e. The maximum atomic E-state index is 10.8. The largest absolute Gasteiger partial charge is 0.496 e. The number of aliphatic hydroxyl groups is 1. The number of aliphatic hydroxyl groups excluding tert-OH is 1. The Kier molecular flexibility index (Phi) is 3.59. The fourth-order valence-electron chi connectivity index (χ4n) is 2.59. The molecule has 2 aromatic carbocycles. The van der Waals surface area contributed by atoms with Crippen LogP contribution in [0.3, 0.4) is 0 Å². The topological polar surface area (TPSA) is 42.4 Å². The van der Waals surface area contributed by atoms with Gasteiger partial charge in [0.1, 0.15) is 11.9 Å². The minimum absolute atomic E-state index is 0.698. The molecule has 0 bridgehead atoms. The molecule has 3 rings (SSSR count). The third kappa shape index (κ3) is 2.48. The highest BCUT2D eigenvalue weighted by Crippen LogP contribution is 2.33. The van der Waals surface area contributed by atoms with Crippen molar-refractivity contribution in [2.45, 2.75) is 13.0 Å². The molecule has 0 aliphatic rings. The van der Waals surface area contributed by atoms with Crippen molar-refractivity contribution < 1.29 is 9.84 Å². The fourth-order valence-corrected chi connectivity index (χ4v) is 2.59. The Morgan fingerprint density at radius 3 is 2.76 bits per heavy atom. The van der Waals surface area contributed by atoms with Gasteiger partial charge in [-0.3, -0.25) is 4.98 Å². The summed E-state index contributed by atoms with van der Waals surface area (Å²) in [6.45, 7) is 2.00. The number of rotatable bonds is 3. The highest BCUT2D eigenvalue weighted by molar-refractivity contribution is 5.85. The fraction of sp³-hybridized carbons (Fsp3) is 0.167. The van der Waals surface area contributed by atoms with E-state index in [2.05, 4.69) is 4.98 Å². The van der Waals surface area contributed by atoms with Gasteiger partial charge in [0.15, 0.2) is 0 Å². The SMILES string of the molecule is COc1cc(C)ccc1C(O)c1cccc2ccncc12. The molecule has 1 N–H and O–H groups in total. The van der Waals surface area contributed by atoms with Gasteiger partial charge in [0.25, 0.3) is 0 Å². The zero-order valence-electron chi connectivity index (χ0n) is 12.1. The van der Waals surface area contributed by atoms with E-state index >= 15 is 0 Å². The minimum atomic E-state index is -0.742. The predicted octanol–water partition coefficient (Wildman–Crippen LogP) is 3.63. The third-order valence-electron chi connectivity index (χ3n) is 3.70. The quantitative estimate of drug-likeness (QED) is 0.796. The van der Waals surface area contributed by atoms with Crippen LogP contribution in [0.25, 0.3) is 10.8 Å². The summed E-state index contributed by atoms with van der Waals surface area (Å²) in [5.74, 6) is 0.698. The summed E-state index contributed by atoms with van der Waals surface area (Å²) < 4.78 is 5.41.